The zero-order valence-electron chi connectivity index (χ0n) is 14.7. The number of aliphatic hydroxyl groups is 1. The van der Waals surface area contributed by atoms with Gasteiger partial charge in [-0.05, 0) is 31.7 Å². The smallest absolute Gasteiger partial charge is 0.167 e. The van der Waals surface area contributed by atoms with Crippen LogP contribution in [0.1, 0.15) is 31.6 Å². The topological polar surface area (TPSA) is 85.1 Å². The number of hydrogen-bond donors (Lipinski definition) is 2. The molecule has 0 saturated carbocycles. The Labute approximate surface area is 152 Å². The number of ether oxygens (including phenoxy) is 1. The summed E-state index contributed by atoms with van der Waals surface area (Å²) in [6, 6.07) is 10.6. The van der Waals surface area contributed by atoms with Crippen LogP contribution < -0.4 is 5.32 Å². The lowest BCUT2D eigenvalue weighted by molar-refractivity contribution is -0.0207. The van der Waals surface area contributed by atoms with E-state index in [1.54, 1.807) is 12.7 Å². The van der Waals surface area contributed by atoms with Crippen molar-refractivity contribution >= 4 is 17.0 Å². The number of nitrogens with zero attached hydrogens (tertiary/aromatic N) is 4. The number of aliphatic hydroxyl groups excluding tert-OH is 1. The first kappa shape index (κ1) is 16.9. The molecule has 0 radical (unpaired) electrons. The number of aromatic nitrogens is 4. The third-order valence-electron chi connectivity index (χ3n) is 4.73. The Balaban J connectivity index is 1.53. The molecule has 7 heteroatoms. The molecule has 1 saturated heterocycles. The fourth-order valence-corrected chi connectivity index (χ4v) is 3.45. The summed E-state index contributed by atoms with van der Waals surface area (Å²) in [4.78, 5) is 13.3. The monoisotopic (exact) mass is 353 g/mol. The highest BCUT2D eigenvalue weighted by atomic mass is 16.5. The Kier molecular flexibility index (Phi) is 4.81. The molecule has 4 rings (SSSR count). The van der Waals surface area contributed by atoms with Crippen molar-refractivity contribution in [3.8, 4) is 0 Å². The third kappa shape index (κ3) is 3.40. The van der Waals surface area contributed by atoms with Gasteiger partial charge in [0.25, 0.3) is 0 Å². The minimum atomic E-state index is -0.137. The first-order chi connectivity index (χ1) is 12.7. The summed E-state index contributed by atoms with van der Waals surface area (Å²) >= 11 is 0. The minimum Gasteiger partial charge on any atom is -0.394 e. The zero-order valence-corrected chi connectivity index (χ0v) is 14.7. The Morgan fingerprint density at radius 1 is 1.23 bits per heavy atom. The molecule has 3 aromatic rings. The van der Waals surface area contributed by atoms with Crippen LogP contribution in [0.3, 0.4) is 0 Å². The maximum atomic E-state index is 9.27. The standard InChI is InChI=1S/C19H23N5O2/c1-13(9-14-5-3-2-4-6-14)23-18-17-19(21-11-20-18)24(12-22-17)16-8-7-15(10-25)26-16/h2-6,11-13,15-16,25H,7-10H2,1H3,(H,20,21,23). The predicted molar refractivity (Wildman–Crippen MR) is 98.8 cm³/mol. The molecule has 0 spiro atoms. The number of imidazole rings is 1. The molecule has 0 bridgehead atoms. The van der Waals surface area contributed by atoms with Crippen LogP contribution in [-0.2, 0) is 11.2 Å². The molecule has 1 aromatic carbocycles. The second kappa shape index (κ2) is 7.39. The molecule has 1 aliphatic rings. The fourth-order valence-electron chi connectivity index (χ4n) is 3.45. The Bertz CT molecular complexity index is 867. The summed E-state index contributed by atoms with van der Waals surface area (Å²) in [6.07, 6.45) is 5.63. The van der Waals surface area contributed by atoms with E-state index in [9.17, 15) is 5.11 Å². The van der Waals surface area contributed by atoms with Crippen molar-refractivity contribution in [3.05, 3.63) is 48.5 Å². The third-order valence-corrected chi connectivity index (χ3v) is 4.73. The van der Waals surface area contributed by atoms with Crippen molar-refractivity contribution in [2.75, 3.05) is 11.9 Å². The van der Waals surface area contributed by atoms with Crippen LogP contribution in [0.4, 0.5) is 5.82 Å². The van der Waals surface area contributed by atoms with E-state index in [4.69, 9.17) is 4.74 Å². The number of anilines is 1. The molecule has 1 fully saturated rings. The van der Waals surface area contributed by atoms with Crippen LogP contribution >= 0.6 is 0 Å². The lowest BCUT2D eigenvalue weighted by atomic mass is 10.1. The van der Waals surface area contributed by atoms with Crippen LogP contribution in [0.5, 0.6) is 0 Å². The molecule has 3 atom stereocenters. The Morgan fingerprint density at radius 2 is 2.08 bits per heavy atom. The summed E-state index contributed by atoms with van der Waals surface area (Å²) in [7, 11) is 0. The normalized spacial score (nSPS) is 21.2. The molecule has 136 valence electrons. The van der Waals surface area contributed by atoms with Crippen molar-refractivity contribution in [3.63, 3.8) is 0 Å². The van der Waals surface area contributed by atoms with Gasteiger partial charge in [-0.3, -0.25) is 4.57 Å². The van der Waals surface area contributed by atoms with Gasteiger partial charge in [-0.15, -0.1) is 0 Å². The molecule has 0 aliphatic carbocycles. The van der Waals surface area contributed by atoms with E-state index in [-0.39, 0.29) is 25.0 Å². The van der Waals surface area contributed by atoms with E-state index >= 15 is 0 Å². The van der Waals surface area contributed by atoms with Crippen molar-refractivity contribution in [1.82, 2.24) is 19.5 Å². The van der Waals surface area contributed by atoms with E-state index in [1.807, 2.05) is 22.8 Å². The molecule has 2 N–H and O–H groups in total. The highest BCUT2D eigenvalue weighted by Crippen LogP contribution is 2.31. The highest BCUT2D eigenvalue weighted by molar-refractivity contribution is 5.82. The van der Waals surface area contributed by atoms with Crippen molar-refractivity contribution in [1.29, 1.82) is 0 Å². The first-order valence-electron chi connectivity index (χ1n) is 8.99. The number of nitrogens with one attached hydrogen (secondary N) is 1. The number of hydrogen-bond acceptors (Lipinski definition) is 6. The van der Waals surface area contributed by atoms with E-state index in [1.165, 1.54) is 5.56 Å². The van der Waals surface area contributed by atoms with Gasteiger partial charge >= 0.3 is 0 Å². The van der Waals surface area contributed by atoms with Gasteiger partial charge in [-0.25, -0.2) is 15.0 Å². The van der Waals surface area contributed by atoms with Crippen LogP contribution in [-0.4, -0.2) is 43.4 Å². The van der Waals surface area contributed by atoms with Crippen LogP contribution in [0, 0.1) is 0 Å². The minimum absolute atomic E-state index is 0.0436. The van der Waals surface area contributed by atoms with Gasteiger partial charge in [-0.2, -0.15) is 0 Å². The summed E-state index contributed by atoms with van der Waals surface area (Å²) < 4.78 is 7.79. The van der Waals surface area contributed by atoms with Gasteiger partial charge in [0.05, 0.1) is 19.0 Å². The Hall–Kier alpha value is -2.51. The maximum absolute atomic E-state index is 9.27. The second-order valence-electron chi connectivity index (χ2n) is 6.75. The molecule has 0 amide bonds. The number of benzene rings is 1. The molecule has 3 heterocycles. The predicted octanol–water partition coefficient (Wildman–Crippen LogP) is 2.54. The summed E-state index contributed by atoms with van der Waals surface area (Å²) in [5.74, 6) is 0.730. The average Bonchev–Trinajstić information content (AvgIpc) is 3.29. The van der Waals surface area contributed by atoms with E-state index < -0.39 is 0 Å². The van der Waals surface area contributed by atoms with Gasteiger partial charge in [0.2, 0.25) is 0 Å². The molecular formula is C19H23N5O2. The second-order valence-corrected chi connectivity index (χ2v) is 6.75. The van der Waals surface area contributed by atoms with E-state index in [0.717, 1.165) is 36.2 Å². The molecule has 1 aliphatic heterocycles. The lowest BCUT2D eigenvalue weighted by Crippen LogP contribution is -2.19. The maximum Gasteiger partial charge on any atom is 0.167 e. The van der Waals surface area contributed by atoms with Crippen LogP contribution in [0.2, 0.25) is 0 Å². The van der Waals surface area contributed by atoms with Gasteiger partial charge in [0.15, 0.2) is 17.0 Å². The lowest BCUT2D eigenvalue weighted by Gasteiger charge is -2.16. The SMILES string of the molecule is CC(Cc1ccccc1)Nc1ncnc2c1ncn2C1CCC(CO)O1. The van der Waals surface area contributed by atoms with Gasteiger partial charge < -0.3 is 15.2 Å². The van der Waals surface area contributed by atoms with Crippen molar-refractivity contribution in [2.45, 2.75) is 44.6 Å². The zero-order chi connectivity index (χ0) is 17.9. The quantitative estimate of drug-likeness (QED) is 0.708. The highest BCUT2D eigenvalue weighted by Gasteiger charge is 2.27. The van der Waals surface area contributed by atoms with Gasteiger partial charge in [0.1, 0.15) is 12.6 Å². The van der Waals surface area contributed by atoms with Crippen molar-refractivity contribution < 1.29 is 9.84 Å². The summed E-state index contributed by atoms with van der Waals surface area (Å²) in [5, 5.41) is 12.7. The van der Waals surface area contributed by atoms with Crippen LogP contribution in [0.15, 0.2) is 43.0 Å². The van der Waals surface area contributed by atoms with E-state index in [2.05, 4.69) is 39.3 Å². The summed E-state index contributed by atoms with van der Waals surface area (Å²) in [6.45, 7) is 2.17. The average molecular weight is 353 g/mol. The fraction of sp³-hybridized carbons (Fsp3) is 0.421. The molecular weight excluding hydrogens is 330 g/mol. The molecule has 2 aromatic heterocycles. The molecule has 7 nitrogen and oxygen atoms in total. The molecule has 3 unspecified atom stereocenters. The first-order valence-corrected chi connectivity index (χ1v) is 8.99. The summed E-state index contributed by atoms with van der Waals surface area (Å²) in [5.41, 5.74) is 2.76. The van der Waals surface area contributed by atoms with Crippen LogP contribution in [0.25, 0.3) is 11.2 Å². The van der Waals surface area contributed by atoms with Gasteiger partial charge in [0, 0.05) is 6.04 Å². The van der Waals surface area contributed by atoms with Gasteiger partial charge in [-0.1, -0.05) is 30.3 Å². The van der Waals surface area contributed by atoms with E-state index in [0.29, 0.717) is 0 Å². The number of rotatable bonds is 6. The largest absolute Gasteiger partial charge is 0.394 e. The Morgan fingerprint density at radius 3 is 2.85 bits per heavy atom. The van der Waals surface area contributed by atoms with Crippen molar-refractivity contribution in [2.24, 2.45) is 0 Å². The number of fused-ring (bicyclic) bond motifs is 1. The molecule has 26 heavy (non-hydrogen) atoms.